The third-order valence-electron chi connectivity index (χ3n) is 1.85. The van der Waals surface area contributed by atoms with Crippen LogP contribution in [0.15, 0.2) is 33.4 Å². The topological polar surface area (TPSA) is 41.8 Å². The number of aliphatic hydroxyl groups is 1. The molecule has 1 N–H and O–H groups in total. The number of nitrogens with zero attached hydrogens (tertiary/aromatic N) is 1. The third kappa shape index (κ3) is 2.04. The van der Waals surface area contributed by atoms with Crippen LogP contribution >= 0.6 is 15.9 Å². The monoisotopic (exact) mass is 253 g/mol. The minimum absolute atomic E-state index is 0.00300. The van der Waals surface area contributed by atoms with Gasteiger partial charge in [0.15, 0.2) is 0 Å². The highest BCUT2D eigenvalue weighted by molar-refractivity contribution is 9.10. The predicted octanol–water partition coefficient (Wildman–Crippen LogP) is 1.89. The lowest BCUT2D eigenvalue weighted by molar-refractivity contribution is 0.279. The Labute approximate surface area is 89.9 Å². The van der Waals surface area contributed by atoms with Gasteiger partial charge in [-0.2, -0.15) is 4.99 Å². The van der Waals surface area contributed by atoms with Crippen molar-refractivity contribution in [2.75, 3.05) is 6.61 Å². The van der Waals surface area contributed by atoms with Crippen molar-refractivity contribution in [1.29, 1.82) is 0 Å². The van der Waals surface area contributed by atoms with Crippen LogP contribution in [0.25, 0.3) is 0 Å². The quantitative estimate of drug-likeness (QED) is 0.891. The van der Waals surface area contributed by atoms with Gasteiger partial charge in [-0.1, -0.05) is 12.1 Å². The molecule has 0 bridgehead atoms. The molecule has 0 aromatic heterocycles. The molecule has 72 valence electrons. The maximum atomic E-state index is 9.01. The van der Waals surface area contributed by atoms with Gasteiger partial charge in [0.1, 0.15) is 18.1 Å². The SMILES string of the molecule is OCc1cccc(OCC2=C=N2)c1Br. The second kappa shape index (κ2) is 3.96. The van der Waals surface area contributed by atoms with Gasteiger partial charge < -0.3 is 9.84 Å². The maximum absolute atomic E-state index is 9.01. The van der Waals surface area contributed by atoms with E-state index in [0.29, 0.717) is 12.4 Å². The lowest BCUT2D eigenvalue weighted by Crippen LogP contribution is -1.98. The standard InChI is InChI=1S/C10H8BrNO2/c11-10-7(5-13)2-1-3-9(10)14-6-8-4-12-8/h1-3,13H,5-6H2. The van der Waals surface area contributed by atoms with Crippen molar-refractivity contribution in [3.63, 3.8) is 0 Å². The summed E-state index contributed by atoms with van der Waals surface area (Å²) < 4.78 is 6.25. The zero-order valence-electron chi connectivity index (χ0n) is 7.33. The van der Waals surface area contributed by atoms with Crippen molar-refractivity contribution in [3.8, 4) is 5.75 Å². The normalized spacial score (nSPS) is 12.6. The first-order valence-corrected chi connectivity index (χ1v) is 4.94. The molecule has 1 aliphatic heterocycles. The van der Waals surface area contributed by atoms with E-state index in [-0.39, 0.29) is 6.61 Å². The Morgan fingerprint density at radius 3 is 2.93 bits per heavy atom. The van der Waals surface area contributed by atoms with E-state index in [1.807, 2.05) is 18.2 Å². The largest absolute Gasteiger partial charge is 0.485 e. The van der Waals surface area contributed by atoms with Gasteiger partial charge in [-0.05, 0) is 27.6 Å². The lowest BCUT2D eigenvalue weighted by atomic mass is 10.2. The van der Waals surface area contributed by atoms with Crippen LogP contribution in [0.4, 0.5) is 0 Å². The van der Waals surface area contributed by atoms with E-state index in [0.717, 1.165) is 15.7 Å². The molecule has 0 saturated heterocycles. The van der Waals surface area contributed by atoms with Crippen molar-refractivity contribution in [2.24, 2.45) is 4.99 Å². The lowest BCUT2D eigenvalue weighted by Gasteiger charge is -2.08. The summed E-state index contributed by atoms with van der Waals surface area (Å²) in [6.07, 6.45) is 0. The number of hydrogen-bond acceptors (Lipinski definition) is 3. The summed E-state index contributed by atoms with van der Waals surface area (Å²) in [5, 5.41) is 9.01. The van der Waals surface area contributed by atoms with Crippen LogP contribution in [0.3, 0.4) is 0 Å². The molecule has 1 aromatic carbocycles. The molecule has 0 aliphatic carbocycles. The average molecular weight is 254 g/mol. The zero-order valence-corrected chi connectivity index (χ0v) is 8.91. The van der Waals surface area contributed by atoms with E-state index in [9.17, 15) is 0 Å². The number of hydrogen-bond donors (Lipinski definition) is 1. The van der Waals surface area contributed by atoms with Crippen LogP contribution in [0.1, 0.15) is 5.56 Å². The summed E-state index contributed by atoms with van der Waals surface area (Å²) in [5.74, 6) is 3.42. The van der Waals surface area contributed by atoms with Crippen LogP contribution < -0.4 is 4.74 Å². The van der Waals surface area contributed by atoms with Gasteiger partial charge in [0.25, 0.3) is 0 Å². The van der Waals surface area contributed by atoms with Gasteiger partial charge in [-0.3, -0.25) is 0 Å². The summed E-state index contributed by atoms with van der Waals surface area (Å²) in [7, 11) is 0. The summed E-state index contributed by atoms with van der Waals surface area (Å²) >= 11 is 3.37. The van der Waals surface area contributed by atoms with Gasteiger partial charge in [-0.25, -0.2) is 0 Å². The summed E-state index contributed by atoms with van der Waals surface area (Å²) in [6, 6.07) is 5.52. The van der Waals surface area contributed by atoms with Crippen LogP contribution in [0, 0.1) is 0 Å². The second-order valence-corrected chi connectivity index (χ2v) is 3.64. The highest BCUT2D eigenvalue weighted by Gasteiger charge is 2.08. The molecule has 14 heavy (non-hydrogen) atoms. The Kier molecular flexibility index (Phi) is 2.68. The van der Waals surface area contributed by atoms with E-state index in [4.69, 9.17) is 9.84 Å². The van der Waals surface area contributed by atoms with Crippen LogP contribution in [-0.2, 0) is 6.61 Å². The maximum Gasteiger partial charge on any atom is 0.149 e. The minimum atomic E-state index is -0.00300. The molecule has 0 amide bonds. The molecule has 0 atom stereocenters. The van der Waals surface area contributed by atoms with Crippen molar-refractivity contribution in [3.05, 3.63) is 33.9 Å². The first-order chi connectivity index (χ1) is 6.81. The number of rotatable bonds is 4. The predicted molar refractivity (Wildman–Crippen MR) is 56.5 cm³/mol. The van der Waals surface area contributed by atoms with Crippen molar-refractivity contribution >= 4 is 21.8 Å². The van der Waals surface area contributed by atoms with E-state index in [2.05, 4.69) is 26.8 Å². The van der Waals surface area contributed by atoms with E-state index in [1.165, 1.54) is 0 Å². The number of benzene rings is 1. The van der Waals surface area contributed by atoms with Crippen molar-refractivity contribution < 1.29 is 9.84 Å². The number of aliphatic imine (C=N–C) groups is 1. The Balaban J connectivity index is 2.10. The molecule has 0 fully saturated rings. The Bertz CT molecular complexity index is 422. The Morgan fingerprint density at radius 2 is 2.29 bits per heavy atom. The fourth-order valence-electron chi connectivity index (χ4n) is 1.04. The molecule has 4 heteroatoms. The molecule has 0 spiro atoms. The molecule has 2 rings (SSSR count). The first kappa shape index (κ1) is 9.46. The van der Waals surface area contributed by atoms with Crippen LogP contribution in [0.5, 0.6) is 5.75 Å². The van der Waals surface area contributed by atoms with E-state index >= 15 is 0 Å². The number of ether oxygens (including phenoxy) is 1. The van der Waals surface area contributed by atoms with Crippen molar-refractivity contribution in [2.45, 2.75) is 6.61 Å². The van der Waals surface area contributed by atoms with E-state index < -0.39 is 0 Å². The highest BCUT2D eigenvalue weighted by Crippen LogP contribution is 2.29. The van der Waals surface area contributed by atoms with E-state index in [1.54, 1.807) is 0 Å². The Hall–Kier alpha value is -1.09. The fraction of sp³-hybridized carbons (Fsp3) is 0.200. The van der Waals surface area contributed by atoms with Crippen LogP contribution in [-0.4, -0.2) is 17.6 Å². The minimum Gasteiger partial charge on any atom is -0.485 e. The van der Waals surface area contributed by atoms with Gasteiger partial charge >= 0.3 is 0 Å². The number of halogens is 1. The summed E-state index contributed by atoms with van der Waals surface area (Å²) in [6.45, 7) is 0.435. The third-order valence-corrected chi connectivity index (χ3v) is 2.75. The summed E-state index contributed by atoms with van der Waals surface area (Å²) in [5.41, 5.74) is 1.65. The smallest absolute Gasteiger partial charge is 0.149 e. The summed E-state index contributed by atoms with van der Waals surface area (Å²) in [4.78, 5) is 3.77. The molecule has 3 nitrogen and oxygen atoms in total. The van der Waals surface area contributed by atoms with Crippen LogP contribution in [0.2, 0.25) is 0 Å². The average Bonchev–Trinajstić information content (AvgIpc) is 3.00. The molecule has 1 heterocycles. The highest BCUT2D eigenvalue weighted by atomic mass is 79.9. The number of aliphatic hydroxyl groups excluding tert-OH is 1. The second-order valence-electron chi connectivity index (χ2n) is 2.85. The van der Waals surface area contributed by atoms with Gasteiger partial charge in [0, 0.05) is 5.87 Å². The van der Waals surface area contributed by atoms with Gasteiger partial charge in [0.2, 0.25) is 0 Å². The molecular formula is C10H8BrNO2. The fourth-order valence-corrected chi connectivity index (χ4v) is 1.54. The molecule has 1 aromatic rings. The first-order valence-electron chi connectivity index (χ1n) is 4.15. The van der Waals surface area contributed by atoms with Gasteiger partial charge in [-0.15, -0.1) is 0 Å². The molecule has 0 saturated carbocycles. The zero-order chi connectivity index (χ0) is 9.97. The Morgan fingerprint density at radius 1 is 1.50 bits per heavy atom. The molecule has 0 radical (unpaired) electrons. The van der Waals surface area contributed by atoms with Gasteiger partial charge in [0.05, 0.1) is 11.1 Å². The molecule has 0 unspecified atom stereocenters. The van der Waals surface area contributed by atoms with Crippen molar-refractivity contribution in [1.82, 2.24) is 0 Å². The molecule has 1 aliphatic rings. The molecular weight excluding hydrogens is 246 g/mol.